The molecule has 19 heavy (non-hydrogen) atoms. The van der Waals surface area contributed by atoms with Gasteiger partial charge in [-0.1, -0.05) is 32.9 Å². The third-order valence-electron chi connectivity index (χ3n) is 3.36. The molecule has 108 valence electrons. The third-order valence-corrected chi connectivity index (χ3v) is 6.61. The first kappa shape index (κ1) is 15.2. The van der Waals surface area contributed by atoms with Gasteiger partial charge in [0, 0.05) is 16.8 Å². The summed E-state index contributed by atoms with van der Waals surface area (Å²) >= 11 is 3.95. The van der Waals surface area contributed by atoms with Crippen molar-refractivity contribution in [1.29, 1.82) is 0 Å². The fourth-order valence-electron chi connectivity index (χ4n) is 2.00. The van der Waals surface area contributed by atoms with E-state index >= 15 is 0 Å². The molecule has 0 bridgehead atoms. The smallest absolute Gasteiger partial charge is 0.244 e. The van der Waals surface area contributed by atoms with Crippen molar-refractivity contribution in [3.05, 3.63) is 11.7 Å². The molecule has 0 aliphatic carbocycles. The summed E-state index contributed by atoms with van der Waals surface area (Å²) in [6.45, 7) is 8.48. The number of nitrogens with zero attached hydrogens (tertiary/aromatic N) is 2. The Kier molecular flexibility index (Phi) is 4.84. The van der Waals surface area contributed by atoms with Crippen molar-refractivity contribution in [2.45, 2.75) is 50.7 Å². The van der Waals surface area contributed by atoms with Gasteiger partial charge in [0.2, 0.25) is 5.89 Å². The zero-order valence-electron chi connectivity index (χ0n) is 12.0. The molecule has 0 spiro atoms. The van der Waals surface area contributed by atoms with Crippen LogP contribution in [0.15, 0.2) is 4.52 Å². The van der Waals surface area contributed by atoms with Crippen molar-refractivity contribution in [3.8, 4) is 0 Å². The summed E-state index contributed by atoms with van der Waals surface area (Å²) in [7, 11) is 0. The van der Waals surface area contributed by atoms with E-state index in [1.807, 2.05) is 23.5 Å². The van der Waals surface area contributed by atoms with E-state index < -0.39 is 0 Å². The summed E-state index contributed by atoms with van der Waals surface area (Å²) < 4.78 is 5.39. The summed E-state index contributed by atoms with van der Waals surface area (Å²) in [6.07, 6.45) is 1.14. The van der Waals surface area contributed by atoms with Crippen LogP contribution in [0.2, 0.25) is 0 Å². The van der Waals surface area contributed by atoms with E-state index in [1.165, 1.54) is 5.75 Å². The van der Waals surface area contributed by atoms with Crippen LogP contribution in [-0.2, 0) is 0 Å². The van der Waals surface area contributed by atoms with Gasteiger partial charge in [-0.2, -0.15) is 16.7 Å². The lowest BCUT2D eigenvalue weighted by atomic mass is 9.87. The van der Waals surface area contributed by atoms with Gasteiger partial charge in [-0.15, -0.1) is 11.8 Å². The second kappa shape index (κ2) is 6.06. The minimum atomic E-state index is -0.213. The van der Waals surface area contributed by atoms with E-state index in [0.717, 1.165) is 18.0 Å². The lowest BCUT2D eigenvalue weighted by Gasteiger charge is -2.27. The molecule has 1 aliphatic rings. The highest BCUT2D eigenvalue weighted by Gasteiger charge is 2.33. The van der Waals surface area contributed by atoms with Crippen LogP contribution in [0.3, 0.4) is 0 Å². The molecule has 2 rings (SSSR count). The first-order valence-corrected chi connectivity index (χ1v) is 8.85. The molecule has 4 nitrogen and oxygen atoms in total. The standard InChI is InChI=1S/C13H23N3OS2/c1-5-8-9(19-7-6-18-8)11-15-12(17-16-11)10(14)13(2,3)4/h8-10H,5-7,14H2,1-4H3/t8?,9?,10-/m0/s1. The largest absolute Gasteiger partial charge is 0.338 e. The lowest BCUT2D eigenvalue weighted by Crippen LogP contribution is -2.26. The van der Waals surface area contributed by atoms with Crippen LogP contribution in [0.25, 0.3) is 0 Å². The van der Waals surface area contributed by atoms with Crippen LogP contribution in [0.1, 0.15) is 57.1 Å². The van der Waals surface area contributed by atoms with Crippen molar-refractivity contribution < 1.29 is 4.52 Å². The van der Waals surface area contributed by atoms with Crippen molar-refractivity contribution in [1.82, 2.24) is 10.1 Å². The Hall–Kier alpha value is -0.200. The van der Waals surface area contributed by atoms with Gasteiger partial charge < -0.3 is 10.3 Å². The molecule has 2 unspecified atom stereocenters. The van der Waals surface area contributed by atoms with Gasteiger partial charge in [0.25, 0.3) is 0 Å². The highest BCUT2D eigenvalue weighted by molar-refractivity contribution is 8.06. The molecule has 1 aromatic rings. The van der Waals surface area contributed by atoms with E-state index in [-0.39, 0.29) is 11.5 Å². The van der Waals surface area contributed by atoms with E-state index in [0.29, 0.717) is 16.4 Å². The highest BCUT2D eigenvalue weighted by atomic mass is 32.2. The fourth-order valence-corrected chi connectivity index (χ4v) is 4.98. The van der Waals surface area contributed by atoms with Crippen molar-refractivity contribution >= 4 is 23.5 Å². The first-order valence-electron chi connectivity index (χ1n) is 6.75. The predicted molar refractivity (Wildman–Crippen MR) is 82.4 cm³/mol. The third kappa shape index (κ3) is 3.47. The van der Waals surface area contributed by atoms with Crippen LogP contribution in [0, 0.1) is 5.41 Å². The molecule has 0 amide bonds. The van der Waals surface area contributed by atoms with E-state index in [2.05, 4.69) is 37.8 Å². The molecule has 6 heteroatoms. The van der Waals surface area contributed by atoms with Gasteiger partial charge in [-0.25, -0.2) is 0 Å². The lowest BCUT2D eigenvalue weighted by molar-refractivity contribution is 0.252. The monoisotopic (exact) mass is 301 g/mol. The van der Waals surface area contributed by atoms with Gasteiger partial charge >= 0.3 is 0 Å². The molecule has 0 saturated carbocycles. The predicted octanol–water partition coefficient (Wildman–Crippen LogP) is 3.42. The molecule has 3 atom stereocenters. The van der Waals surface area contributed by atoms with E-state index in [9.17, 15) is 0 Å². The molecule has 0 radical (unpaired) electrons. The second-order valence-electron chi connectivity index (χ2n) is 5.94. The van der Waals surface area contributed by atoms with Crippen LogP contribution >= 0.6 is 23.5 Å². The normalized spacial score (nSPS) is 26.4. The topological polar surface area (TPSA) is 64.9 Å². The Morgan fingerprint density at radius 2 is 2.05 bits per heavy atom. The number of hydrogen-bond acceptors (Lipinski definition) is 6. The quantitative estimate of drug-likeness (QED) is 0.923. The number of nitrogens with two attached hydrogens (primary N) is 1. The Labute approximate surface area is 123 Å². The Morgan fingerprint density at radius 1 is 1.37 bits per heavy atom. The number of rotatable bonds is 3. The summed E-state index contributed by atoms with van der Waals surface area (Å²) in [5.41, 5.74) is 6.11. The molecular formula is C13H23N3OS2. The summed E-state index contributed by atoms with van der Waals surface area (Å²) in [5.74, 6) is 3.75. The minimum Gasteiger partial charge on any atom is -0.338 e. The van der Waals surface area contributed by atoms with Crippen molar-refractivity contribution in [2.75, 3.05) is 11.5 Å². The first-order chi connectivity index (χ1) is 8.93. The maximum atomic E-state index is 6.17. The summed E-state index contributed by atoms with van der Waals surface area (Å²) in [4.78, 5) is 4.56. The number of thioether (sulfide) groups is 2. The van der Waals surface area contributed by atoms with Gasteiger partial charge in [-0.3, -0.25) is 0 Å². The van der Waals surface area contributed by atoms with Crippen molar-refractivity contribution in [2.24, 2.45) is 11.1 Å². The van der Waals surface area contributed by atoms with Crippen LogP contribution in [0.4, 0.5) is 0 Å². The zero-order chi connectivity index (χ0) is 14.0. The van der Waals surface area contributed by atoms with E-state index in [4.69, 9.17) is 10.3 Å². The highest BCUT2D eigenvalue weighted by Crippen LogP contribution is 2.43. The van der Waals surface area contributed by atoms with Gasteiger partial charge in [0.15, 0.2) is 5.82 Å². The minimum absolute atomic E-state index is 0.0670. The summed E-state index contributed by atoms with van der Waals surface area (Å²) in [6, 6.07) is -0.213. The molecule has 1 aliphatic heterocycles. The van der Waals surface area contributed by atoms with Crippen LogP contribution < -0.4 is 5.73 Å². The van der Waals surface area contributed by atoms with E-state index in [1.54, 1.807) is 0 Å². The average Bonchev–Trinajstić information content (AvgIpc) is 2.86. The van der Waals surface area contributed by atoms with Crippen molar-refractivity contribution in [3.63, 3.8) is 0 Å². The molecule has 1 fully saturated rings. The molecule has 2 N–H and O–H groups in total. The maximum Gasteiger partial charge on any atom is 0.244 e. The molecular weight excluding hydrogens is 278 g/mol. The second-order valence-corrected chi connectivity index (χ2v) is 8.54. The average molecular weight is 301 g/mol. The molecule has 1 aromatic heterocycles. The number of aromatic nitrogens is 2. The van der Waals surface area contributed by atoms with Crippen LogP contribution in [0.5, 0.6) is 0 Å². The molecule has 2 heterocycles. The molecule has 1 saturated heterocycles. The Bertz CT molecular complexity index is 416. The number of hydrogen-bond donors (Lipinski definition) is 1. The van der Waals surface area contributed by atoms with Gasteiger partial charge in [-0.05, 0) is 11.8 Å². The summed E-state index contributed by atoms with van der Waals surface area (Å²) in [5, 5.41) is 5.09. The van der Waals surface area contributed by atoms with Gasteiger partial charge in [0.1, 0.15) is 0 Å². The Balaban J connectivity index is 2.16. The SMILES string of the molecule is CCC1SCCSC1c1noc([C@H](N)C(C)(C)C)n1. The maximum absolute atomic E-state index is 6.17. The van der Waals surface area contributed by atoms with Crippen LogP contribution in [-0.4, -0.2) is 26.9 Å². The zero-order valence-corrected chi connectivity index (χ0v) is 13.7. The molecule has 0 aromatic carbocycles. The fraction of sp³-hybridized carbons (Fsp3) is 0.846. The Morgan fingerprint density at radius 3 is 2.68 bits per heavy atom. The van der Waals surface area contributed by atoms with Gasteiger partial charge in [0.05, 0.1) is 11.3 Å².